The van der Waals surface area contributed by atoms with Crippen molar-refractivity contribution in [1.29, 1.82) is 5.26 Å². The van der Waals surface area contributed by atoms with Gasteiger partial charge in [-0.1, -0.05) is 140 Å². The maximum atomic E-state index is 13.3. The van der Waals surface area contributed by atoms with Crippen LogP contribution in [0, 0.1) is 23.1 Å². The summed E-state index contributed by atoms with van der Waals surface area (Å²) in [4.78, 5) is 26.1. The van der Waals surface area contributed by atoms with Crippen molar-refractivity contribution in [1.82, 2.24) is 15.5 Å². The third kappa shape index (κ3) is 11.2. The van der Waals surface area contributed by atoms with E-state index in [0.717, 1.165) is 107 Å². The second-order valence-electron chi connectivity index (χ2n) is 18.2. The fourth-order valence-corrected chi connectivity index (χ4v) is 10.4. The second kappa shape index (κ2) is 22.1. The highest BCUT2D eigenvalue weighted by atomic mass is 19.1. The number of aliphatic carboxylic acids is 1. The molecule has 6 aromatic rings. The van der Waals surface area contributed by atoms with Gasteiger partial charge in [0.25, 0.3) is 0 Å². The summed E-state index contributed by atoms with van der Waals surface area (Å²) < 4.78 is 13.3. The number of hydrogen-bond donors (Lipinski definition) is 3. The number of carboxylic acids is 1. The van der Waals surface area contributed by atoms with Gasteiger partial charge >= 0.3 is 5.97 Å². The summed E-state index contributed by atoms with van der Waals surface area (Å²) in [6.07, 6.45) is 4.78. The minimum atomic E-state index is -0.850. The maximum Gasteiger partial charge on any atom is 0.314 e. The SMILES string of the molecule is C[C@@H]1CN([C@H]2CC[C@](C#N)(c3ccc(F)cc3)CC2)CC[C@]1(C(=O)O)c1ccccc1.c1ccc(CN(CC2=NCCN2)c2ccccc2)cc1.c1ccc2c(CC3=NCCN3)cccc2c1. The Morgan fingerprint density at radius 3 is 1.99 bits per heavy atom. The highest BCUT2D eigenvalue weighted by molar-refractivity contribution is 5.92. The van der Waals surface area contributed by atoms with E-state index in [1.165, 1.54) is 39.7 Å². The van der Waals surface area contributed by atoms with Gasteiger partial charge in [0.1, 0.15) is 17.5 Å². The predicted octanol–water partition coefficient (Wildman–Crippen LogP) is 9.97. The van der Waals surface area contributed by atoms with E-state index in [2.05, 4.69) is 140 Å². The lowest BCUT2D eigenvalue weighted by atomic mass is 9.65. The van der Waals surface area contributed by atoms with E-state index in [1.807, 2.05) is 37.3 Å². The van der Waals surface area contributed by atoms with E-state index in [0.29, 0.717) is 12.5 Å². The Balaban J connectivity index is 0.000000145. The molecule has 2 fully saturated rings. The summed E-state index contributed by atoms with van der Waals surface area (Å²) in [5, 5.41) is 29.4. The molecule has 1 saturated heterocycles. The Hall–Kier alpha value is -6.83. The van der Waals surface area contributed by atoms with Crippen LogP contribution in [0.1, 0.15) is 61.3 Å². The Labute approximate surface area is 395 Å². The van der Waals surface area contributed by atoms with E-state index in [4.69, 9.17) is 0 Å². The van der Waals surface area contributed by atoms with E-state index < -0.39 is 16.8 Å². The smallest absolute Gasteiger partial charge is 0.314 e. The van der Waals surface area contributed by atoms with Gasteiger partial charge in [-0.25, -0.2) is 4.39 Å². The van der Waals surface area contributed by atoms with Crippen molar-refractivity contribution in [3.05, 3.63) is 186 Å². The number of para-hydroxylation sites is 1. The van der Waals surface area contributed by atoms with Crippen molar-refractivity contribution >= 4 is 34.1 Å². The van der Waals surface area contributed by atoms with Crippen molar-refractivity contribution < 1.29 is 14.3 Å². The zero-order chi connectivity index (χ0) is 46.5. The van der Waals surface area contributed by atoms with Gasteiger partial charge in [0.2, 0.25) is 0 Å². The first kappa shape index (κ1) is 46.7. The summed E-state index contributed by atoms with van der Waals surface area (Å²) in [5.74, 6) is 1.17. The highest BCUT2D eigenvalue weighted by Gasteiger charge is 2.50. The maximum absolute atomic E-state index is 13.3. The van der Waals surface area contributed by atoms with Crippen LogP contribution < -0.4 is 15.5 Å². The van der Waals surface area contributed by atoms with Crippen LogP contribution in [-0.2, 0) is 28.6 Å². The van der Waals surface area contributed by atoms with E-state index in [-0.39, 0.29) is 11.7 Å². The molecule has 9 nitrogen and oxygen atoms in total. The topological polar surface area (TPSA) is 116 Å². The number of nitrogens with zero attached hydrogens (tertiary/aromatic N) is 5. The molecule has 3 aliphatic heterocycles. The van der Waals surface area contributed by atoms with Crippen LogP contribution in [0.15, 0.2) is 168 Å². The highest BCUT2D eigenvalue weighted by Crippen LogP contribution is 2.45. The van der Waals surface area contributed by atoms with Crippen molar-refractivity contribution in [2.45, 2.75) is 68.9 Å². The summed E-state index contributed by atoms with van der Waals surface area (Å²) in [6, 6.07) is 54.9. The molecule has 1 aliphatic carbocycles. The molecule has 3 heterocycles. The molecule has 344 valence electrons. The van der Waals surface area contributed by atoms with Gasteiger partial charge in [0.05, 0.1) is 36.5 Å². The van der Waals surface area contributed by atoms with Crippen LogP contribution in [0.2, 0.25) is 0 Å². The van der Waals surface area contributed by atoms with E-state index >= 15 is 0 Å². The van der Waals surface area contributed by atoms with Crippen LogP contribution in [0.25, 0.3) is 10.8 Å². The van der Waals surface area contributed by atoms with Crippen molar-refractivity contribution in [2.24, 2.45) is 15.9 Å². The average molecular weight is 896 g/mol. The summed E-state index contributed by atoms with van der Waals surface area (Å²) in [7, 11) is 0. The Morgan fingerprint density at radius 1 is 0.746 bits per heavy atom. The molecule has 0 spiro atoms. The van der Waals surface area contributed by atoms with Crippen LogP contribution in [0.4, 0.5) is 10.1 Å². The van der Waals surface area contributed by atoms with Crippen molar-refractivity contribution in [3.63, 3.8) is 0 Å². The van der Waals surface area contributed by atoms with Crippen molar-refractivity contribution in [3.8, 4) is 6.07 Å². The summed E-state index contributed by atoms with van der Waals surface area (Å²) >= 11 is 0. The molecule has 0 amide bonds. The Kier molecular flexibility index (Phi) is 15.4. The summed E-state index contributed by atoms with van der Waals surface area (Å²) in [6.45, 7) is 9.01. The molecule has 0 bridgehead atoms. The molecular formula is C57H62FN7O2. The monoisotopic (exact) mass is 895 g/mol. The number of carbonyl (C=O) groups is 1. The zero-order valence-electron chi connectivity index (χ0n) is 38.5. The average Bonchev–Trinajstić information content (AvgIpc) is 4.11. The Morgan fingerprint density at radius 2 is 1.36 bits per heavy atom. The minimum Gasteiger partial charge on any atom is -0.481 e. The van der Waals surface area contributed by atoms with Crippen LogP contribution in [0.5, 0.6) is 0 Å². The van der Waals surface area contributed by atoms with Crippen LogP contribution in [0.3, 0.4) is 0 Å². The summed E-state index contributed by atoms with van der Waals surface area (Å²) in [5.41, 5.74) is 4.28. The number of fused-ring (bicyclic) bond motifs is 1. The molecule has 6 aromatic carbocycles. The molecular weight excluding hydrogens is 834 g/mol. The normalized spacial score (nSPS) is 22.3. The molecule has 10 heteroatoms. The molecule has 0 unspecified atom stereocenters. The number of halogens is 1. The second-order valence-corrected chi connectivity index (χ2v) is 18.2. The number of hydrogen-bond acceptors (Lipinski definition) is 8. The fraction of sp³-hybridized carbons (Fsp3) is 0.333. The number of anilines is 1. The van der Waals surface area contributed by atoms with Gasteiger partial charge < -0.3 is 25.5 Å². The largest absolute Gasteiger partial charge is 0.481 e. The molecule has 1 saturated carbocycles. The minimum absolute atomic E-state index is 0.0131. The number of benzene rings is 6. The molecule has 0 radical (unpaired) electrons. The fourth-order valence-electron chi connectivity index (χ4n) is 10.4. The standard InChI is InChI=1S/C26H29FN2O2.C17H19N3.C14H14N2/c1-19-17-29(16-15-26(19,24(30)31)21-5-3-2-4-6-21)23-11-13-25(18-28,14-12-23)20-7-9-22(27)10-8-20;1-3-7-15(8-4-1)13-20(14-17-18-11-12-19-17)16-9-5-2-6-10-16;1-2-7-13-11(4-1)5-3-6-12(13)10-14-15-8-9-16-14/h2-10,19,23H,11-17H2,1H3,(H,30,31);1-10H,11-14H2,(H,18,19);1-7H,8-10H2,(H,15,16)/t19-,23-,25-,26-;;/m1../s1. The van der Waals surface area contributed by atoms with Gasteiger partial charge in [0, 0.05) is 44.3 Å². The lowest BCUT2D eigenvalue weighted by Crippen LogP contribution is -2.56. The molecule has 0 aromatic heterocycles. The lowest BCUT2D eigenvalue weighted by Gasteiger charge is -2.48. The van der Waals surface area contributed by atoms with E-state index in [1.54, 1.807) is 12.1 Å². The Bertz CT molecular complexity index is 2640. The number of rotatable bonds is 11. The molecule has 67 heavy (non-hydrogen) atoms. The van der Waals surface area contributed by atoms with E-state index in [9.17, 15) is 19.6 Å². The van der Waals surface area contributed by atoms with Gasteiger partial charge in [-0.05, 0) is 102 Å². The van der Waals surface area contributed by atoms with Crippen LogP contribution in [-0.4, -0.2) is 79.5 Å². The first-order chi connectivity index (χ1) is 32.8. The zero-order valence-corrected chi connectivity index (χ0v) is 38.5. The first-order valence-corrected chi connectivity index (χ1v) is 23.8. The van der Waals surface area contributed by atoms with Gasteiger partial charge in [-0.2, -0.15) is 5.26 Å². The lowest BCUT2D eigenvalue weighted by molar-refractivity contribution is -0.149. The third-order valence-electron chi connectivity index (χ3n) is 14.2. The number of amidine groups is 2. The number of nitriles is 1. The van der Waals surface area contributed by atoms with Crippen LogP contribution >= 0.6 is 0 Å². The predicted molar refractivity (Wildman–Crippen MR) is 269 cm³/mol. The number of likely N-dealkylation sites (tertiary alicyclic amines) is 1. The molecule has 3 N–H and O–H groups in total. The molecule has 2 atom stereocenters. The number of carboxylic acid groups (broad SMARTS) is 1. The van der Waals surface area contributed by atoms with Gasteiger partial charge in [0.15, 0.2) is 0 Å². The van der Waals surface area contributed by atoms with Crippen molar-refractivity contribution in [2.75, 3.05) is 50.7 Å². The molecule has 10 rings (SSSR count). The number of nitrogens with one attached hydrogen (secondary N) is 2. The van der Waals surface area contributed by atoms with Gasteiger partial charge in [-0.15, -0.1) is 0 Å². The quantitative estimate of drug-likeness (QED) is 0.119. The third-order valence-corrected chi connectivity index (χ3v) is 14.2. The molecule has 4 aliphatic rings. The van der Waals surface area contributed by atoms with Gasteiger partial charge in [-0.3, -0.25) is 14.8 Å². The number of aliphatic imine (C=N–C) groups is 2. The number of piperidine rings is 1. The first-order valence-electron chi connectivity index (χ1n) is 23.8.